The number of hydrogen-bond acceptors (Lipinski definition) is 4. The Morgan fingerprint density at radius 1 is 1.24 bits per heavy atom. The molecule has 1 aromatic carbocycles. The lowest BCUT2D eigenvalue weighted by Gasteiger charge is -2.11. The summed E-state index contributed by atoms with van der Waals surface area (Å²) in [6.07, 6.45) is 3.56. The van der Waals surface area contributed by atoms with Gasteiger partial charge in [-0.2, -0.15) is 0 Å². The topological polar surface area (TPSA) is 44.8 Å². The molecule has 1 aromatic rings. The van der Waals surface area contributed by atoms with E-state index in [1.807, 2.05) is 13.0 Å². The van der Waals surface area contributed by atoms with Crippen LogP contribution >= 0.6 is 0 Å². The summed E-state index contributed by atoms with van der Waals surface area (Å²) in [6.45, 7) is 2.09. The molecule has 0 saturated heterocycles. The molecule has 0 unspecified atom stereocenters. The Labute approximate surface area is 101 Å². The number of allylic oxidation sites excluding steroid dienone is 1. The van der Waals surface area contributed by atoms with E-state index in [-0.39, 0.29) is 6.61 Å². The van der Waals surface area contributed by atoms with Crippen LogP contribution in [0, 0.1) is 0 Å². The highest BCUT2D eigenvalue weighted by Crippen LogP contribution is 2.28. The summed E-state index contributed by atoms with van der Waals surface area (Å²) in [5.41, 5.74) is 0.307. The van der Waals surface area contributed by atoms with Crippen LogP contribution in [0.3, 0.4) is 0 Å². The van der Waals surface area contributed by atoms with Crippen LogP contribution in [-0.2, 0) is 4.74 Å². The zero-order valence-corrected chi connectivity index (χ0v) is 10.2. The second-order valence-corrected chi connectivity index (χ2v) is 3.21. The SMILES string of the molecule is C/C=C/COC(=O)c1c(OC)cccc1OC. The van der Waals surface area contributed by atoms with Gasteiger partial charge in [-0.05, 0) is 19.1 Å². The molecule has 0 spiro atoms. The third-order valence-electron chi connectivity index (χ3n) is 2.18. The molecule has 4 heteroatoms. The Balaban J connectivity index is 2.97. The molecular formula is C13H16O4. The van der Waals surface area contributed by atoms with Crippen LogP contribution in [0.15, 0.2) is 30.4 Å². The van der Waals surface area contributed by atoms with Crippen molar-refractivity contribution >= 4 is 5.97 Å². The normalized spacial score (nSPS) is 10.3. The number of methoxy groups -OCH3 is 2. The lowest BCUT2D eigenvalue weighted by atomic mass is 10.2. The van der Waals surface area contributed by atoms with Crippen LogP contribution in [0.25, 0.3) is 0 Å². The molecule has 1 rings (SSSR count). The molecule has 0 aliphatic carbocycles. The van der Waals surface area contributed by atoms with Crippen LogP contribution in [0.4, 0.5) is 0 Å². The van der Waals surface area contributed by atoms with Crippen molar-refractivity contribution in [2.75, 3.05) is 20.8 Å². The summed E-state index contributed by atoms with van der Waals surface area (Å²) in [5, 5.41) is 0. The number of ether oxygens (including phenoxy) is 3. The molecule has 0 heterocycles. The second kappa shape index (κ2) is 6.58. The van der Waals surface area contributed by atoms with Crippen LogP contribution in [-0.4, -0.2) is 26.8 Å². The number of rotatable bonds is 5. The van der Waals surface area contributed by atoms with Crippen molar-refractivity contribution in [2.45, 2.75) is 6.92 Å². The van der Waals surface area contributed by atoms with Gasteiger partial charge in [0.25, 0.3) is 0 Å². The molecule has 0 amide bonds. The van der Waals surface area contributed by atoms with Gasteiger partial charge in [-0.3, -0.25) is 0 Å². The molecular weight excluding hydrogens is 220 g/mol. The maximum Gasteiger partial charge on any atom is 0.346 e. The van der Waals surface area contributed by atoms with Crippen molar-refractivity contribution in [3.8, 4) is 11.5 Å². The summed E-state index contributed by atoms with van der Waals surface area (Å²) in [4.78, 5) is 11.9. The van der Waals surface area contributed by atoms with Gasteiger partial charge in [-0.1, -0.05) is 18.2 Å². The summed E-state index contributed by atoms with van der Waals surface area (Å²) in [7, 11) is 3.00. The summed E-state index contributed by atoms with van der Waals surface area (Å²) in [5.74, 6) is 0.419. The zero-order valence-electron chi connectivity index (χ0n) is 10.2. The number of benzene rings is 1. The standard InChI is InChI=1S/C13H16O4/c1-4-5-9-17-13(14)12-10(15-2)7-6-8-11(12)16-3/h4-8H,9H2,1-3H3/b5-4+. The van der Waals surface area contributed by atoms with Crippen molar-refractivity contribution in [3.63, 3.8) is 0 Å². The number of hydrogen-bond donors (Lipinski definition) is 0. The monoisotopic (exact) mass is 236 g/mol. The highest BCUT2D eigenvalue weighted by Gasteiger charge is 2.18. The Morgan fingerprint density at radius 3 is 2.29 bits per heavy atom. The molecule has 17 heavy (non-hydrogen) atoms. The molecule has 4 nitrogen and oxygen atoms in total. The largest absolute Gasteiger partial charge is 0.496 e. The first kappa shape index (κ1) is 13.1. The fraction of sp³-hybridized carbons (Fsp3) is 0.308. The molecule has 0 atom stereocenters. The highest BCUT2D eigenvalue weighted by atomic mass is 16.5. The predicted molar refractivity (Wildman–Crippen MR) is 64.6 cm³/mol. The predicted octanol–water partition coefficient (Wildman–Crippen LogP) is 2.44. The second-order valence-electron chi connectivity index (χ2n) is 3.21. The number of carbonyl (C=O) groups excluding carboxylic acids is 1. The zero-order chi connectivity index (χ0) is 12.7. The Morgan fingerprint density at radius 2 is 1.82 bits per heavy atom. The summed E-state index contributed by atoms with van der Waals surface area (Å²) in [6, 6.07) is 5.13. The fourth-order valence-corrected chi connectivity index (χ4v) is 1.34. The third-order valence-corrected chi connectivity index (χ3v) is 2.18. The summed E-state index contributed by atoms with van der Waals surface area (Å²) >= 11 is 0. The molecule has 0 N–H and O–H groups in total. The first-order chi connectivity index (χ1) is 8.24. The van der Waals surface area contributed by atoms with Gasteiger partial charge >= 0.3 is 5.97 Å². The maximum atomic E-state index is 11.9. The van der Waals surface area contributed by atoms with E-state index < -0.39 is 5.97 Å². The van der Waals surface area contributed by atoms with Crippen molar-refractivity contribution in [2.24, 2.45) is 0 Å². The molecule has 0 saturated carbocycles. The van der Waals surface area contributed by atoms with E-state index in [0.717, 1.165) is 0 Å². The molecule has 92 valence electrons. The smallest absolute Gasteiger partial charge is 0.346 e. The van der Waals surface area contributed by atoms with E-state index in [9.17, 15) is 4.79 Å². The van der Waals surface area contributed by atoms with Crippen molar-refractivity contribution < 1.29 is 19.0 Å². The van der Waals surface area contributed by atoms with E-state index in [1.54, 1.807) is 24.3 Å². The first-order valence-corrected chi connectivity index (χ1v) is 5.23. The van der Waals surface area contributed by atoms with Crippen molar-refractivity contribution in [1.82, 2.24) is 0 Å². The summed E-state index contributed by atoms with van der Waals surface area (Å²) < 4.78 is 15.3. The minimum atomic E-state index is -0.461. The molecule has 0 radical (unpaired) electrons. The quantitative estimate of drug-likeness (QED) is 0.582. The van der Waals surface area contributed by atoms with Crippen molar-refractivity contribution in [3.05, 3.63) is 35.9 Å². The van der Waals surface area contributed by atoms with Gasteiger partial charge in [0.05, 0.1) is 14.2 Å². The molecule has 0 fully saturated rings. The molecule has 0 aromatic heterocycles. The minimum Gasteiger partial charge on any atom is -0.496 e. The van der Waals surface area contributed by atoms with Gasteiger partial charge in [0, 0.05) is 0 Å². The molecule has 0 aliphatic rings. The van der Waals surface area contributed by atoms with Gasteiger partial charge in [0.1, 0.15) is 23.7 Å². The lowest BCUT2D eigenvalue weighted by molar-refractivity contribution is 0.0542. The number of esters is 1. The Kier molecular flexibility index (Phi) is 5.07. The van der Waals surface area contributed by atoms with E-state index >= 15 is 0 Å². The van der Waals surface area contributed by atoms with Gasteiger partial charge in [0.2, 0.25) is 0 Å². The lowest BCUT2D eigenvalue weighted by Crippen LogP contribution is -2.09. The third kappa shape index (κ3) is 3.24. The van der Waals surface area contributed by atoms with E-state index in [1.165, 1.54) is 14.2 Å². The Hall–Kier alpha value is -1.97. The average Bonchev–Trinajstić information content (AvgIpc) is 2.37. The van der Waals surface area contributed by atoms with E-state index in [2.05, 4.69) is 0 Å². The molecule has 0 bridgehead atoms. The van der Waals surface area contributed by atoms with Crippen molar-refractivity contribution in [1.29, 1.82) is 0 Å². The van der Waals surface area contributed by atoms with Crippen LogP contribution < -0.4 is 9.47 Å². The Bertz CT molecular complexity index is 388. The van der Waals surface area contributed by atoms with Crippen LogP contribution in [0.2, 0.25) is 0 Å². The van der Waals surface area contributed by atoms with E-state index in [4.69, 9.17) is 14.2 Å². The minimum absolute atomic E-state index is 0.233. The highest BCUT2D eigenvalue weighted by molar-refractivity contribution is 5.95. The van der Waals surface area contributed by atoms with Gasteiger partial charge in [-0.25, -0.2) is 4.79 Å². The van der Waals surface area contributed by atoms with Crippen LogP contribution in [0.5, 0.6) is 11.5 Å². The van der Waals surface area contributed by atoms with Gasteiger partial charge in [0.15, 0.2) is 0 Å². The van der Waals surface area contributed by atoms with Gasteiger partial charge < -0.3 is 14.2 Å². The average molecular weight is 236 g/mol. The van der Waals surface area contributed by atoms with Gasteiger partial charge in [-0.15, -0.1) is 0 Å². The molecule has 0 aliphatic heterocycles. The fourth-order valence-electron chi connectivity index (χ4n) is 1.34. The van der Waals surface area contributed by atoms with E-state index in [0.29, 0.717) is 17.1 Å². The number of carbonyl (C=O) groups is 1. The van der Waals surface area contributed by atoms with Crippen LogP contribution in [0.1, 0.15) is 17.3 Å². The maximum absolute atomic E-state index is 11.9. The first-order valence-electron chi connectivity index (χ1n) is 5.23.